The summed E-state index contributed by atoms with van der Waals surface area (Å²) in [5.74, 6) is 0.490. The Labute approximate surface area is 211 Å². The van der Waals surface area contributed by atoms with Gasteiger partial charge in [0, 0.05) is 50.4 Å². The molecular weight excluding hydrogens is 467 g/mol. The van der Waals surface area contributed by atoms with Crippen molar-refractivity contribution < 1.29 is 22.7 Å². The van der Waals surface area contributed by atoms with Gasteiger partial charge in [-0.1, -0.05) is 44.2 Å². The Bertz CT molecular complexity index is 1020. The molecule has 1 amide bonds. The number of amides is 1. The molecule has 2 heterocycles. The fourth-order valence-corrected chi connectivity index (χ4v) is 5.38. The molecule has 5 nitrogen and oxygen atoms in total. The maximum Gasteiger partial charge on any atom is 0.422 e. The predicted molar refractivity (Wildman–Crippen MR) is 137 cm³/mol. The number of piperazine rings is 1. The Morgan fingerprint density at radius 2 is 1.61 bits per heavy atom. The van der Waals surface area contributed by atoms with Crippen LogP contribution in [0.25, 0.3) is 0 Å². The molecule has 0 bridgehead atoms. The number of nitrogens with zero attached hydrogens (tertiary/aromatic N) is 3. The summed E-state index contributed by atoms with van der Waals surface area (Å²) in [6.45, 7) is 6.58. The second kappa shape index (κ2) is 11.5. The molecule has 8 heteroatoms. The van der Waals surface area contributed by atoms with E-state index in [1.165, 1.54) is 5.56 Å². The number of anilines is 2. The van der Waals surface area contributed by atoms with Crippen LogP contribution in [-0.2, 0) is 11.2 Å². The highest BCUT2D eigenvalue weighted by Gasteiger charge is 2.35. The van der Waals surface area contributed by atoms with Crippen LogP contribution in [0, 0.1) is 5.92 Å². The summed E-state index contributed by atoms with van der Waals surface area (Å²) in [6.07, 6.45) is -0.832. The molecule has 2 aromatic rings. The van der Waals surface area contributed by atoms with E-state index < -0.39 is 12.8 Å². The molecule has 2 aliphatic rings. The monoisotopic (exact) mass is 503 g/mol. The first-order valence-corrected chi connectivity index (χ1v) is 13.0. The Hall–Kier alpha value is -2.74. The third-order valence-electron chi connectivity index (χ3n) is 7.37. The summed E-state index contributed by atoms with van der Waals surface area (Å²) < 4.78 is 43.2. The minimum Gasteiger partial charge on any atom is -0.482 e. The highest BCUT2D eigenvalue weighted by molar-refractivity contribution is 5.96. The second-order valence-corrected chi connectivity index (χ2v) is 9.70. The van der Waals surface area contributed by atoms with Gasteiger partial charge in [0.1, 0.15) is 5.75 Å². The van der Waals surface area contributed by atoms with Gasteiger partial charge in [-0.05, 0) is 49.4 Å². The molecule has 0 N–H and O–H groups in total. The summed E-state index contributed by atoms with van der Waals surface area (Å²) in [4.78, 5) is 20.1. The van der Waals surface area contributed by atoms with E-state index in [0.29, 0.717) is 18.8 Å². The molecular formula is C28H36F3N3O2. The topological polar surface area (TPSA) is 36.0 Å². The van der Waals surface area contributed by atoms with Crippen LogP contribution in [0.2, 0.25) is 0 Å². The first kappa shape index (κ1) is 26.3. The van der Waals surface area contributed by atoms with Crippen molar-refractivity contribution >= 4 is 17.3 Å². The highest BCUT2D eigenvalue weighted by Crippen LogP contribution is 2.34. The molecule has 1 atom stereocenters. The van der Waals surface area contributed by atoms with Gasteiger partial charge >= 0.3 is 6.18 Å². The Kier molecular flexibility index (Phi) is 8.44. The van der Waals surface area contributed by atoms with E-state index in [-0.39, 0.29) is 23.6 Å². The molecule has 1 saturated heterocycles. The standard InChI is InChI=1S/C28H36F3N3O2/c1-3-21(4-2)27(35)34-23(14-13-22-9-5-6-10-24(22)34)19-32-15-17-33(18-16-32)25-11-7-8-12-26(25)36-20-28(29,30)31/h5-12,21,23H,3-4,13-20H2,1-2H3. The number of ether oxygens (including phenoxy) is 1. The van der Waals surface area contributed by atoms with Crippen molar-refractivity contribution in [1.29, 1.82) is 0 Å². The van der Waals surface area contributed by atoms with Crippen LogP contribution < -0.4 is 14.5 Å². The zero-order chi connectivity index (χ0) is 25.7. The second-order valence-electron chi connectivity index (χ2n) is 9.70. The fourth-order valence-electron chi connectivity index (χ4n) is 5.38. The quantitative estimate of drug-likeness (QED) is 0.474. The number of carbonyl (C=O) groups is 1. The minimum absolute atomic E-state index is 0.0173. The number of rotatable bonds is 8. The maximum atomic E-state index is 13.6. The number of para-hydroxylation sites is 3. The molecule has 0 saturated carbocycles. The van der Waals surface area contributed by atoms with Crippen LogP contribution in [0.1, 0.15) is 38.7 Å². The average molecular weight is 504 g/mol. The largest absolute Gasteiger partial charge is 0.482 e. The summed E-state index contributed by atoms with van der Waals surface area (Å²) in [7, 11) is 0. The van der Waals surface area contributed by atoms with Crippen LogP contribution in [0.4, 0.5) is 24.5 Å². The van der Waals surface area contributed by atoms with E-state index in [0.717, 1.165) is 51.0 Å². The fraction of sp³-hybridized carbons (Fsp3) is 0.536. The van der Waals surface area contributed by atoms with Gasteiger partial charge in [0.05, 0.1) is 5.69 Å². The molecule has 0 aliphatic carbocycles. The number of aryl methyl sites for hydroxylation is 1. The molecule has 2 aliphatic heterocycles. The van der Waals surface area contributed by atoms with E-state index in [9.17, 15) is 18.0 Å². The molecule has 4 rings (SSSR count). The van der Waals surface area contributed by atoms with Crippen molar-refractivity contribution in [1.82, 2.24) is 4.90 Å². The summed E-state index contributed by atoms with van der Waals surface area (Å²) in [5.41, 5.74) is 2.96. The van der Waals surface area contributed by atoms with Crippen molar-refractivity contribution in [2.75, 3.05) is 49.1 Å². The van der Waals surface area contributed by atoms with E-state index in [1.54, 1.807) is 12.1 Å². The number of alkyl halides is 3. The Morgan fingerprint density at radius 3 is 2.28 bits per heavy atom. The van der Waals surface area contributed by atoms with Crippen molar-refractivity contribution in [3.05, 3.63) is 54.1 Å². The highest BCUT2D eigenvalue weighted by atomic mass is 19.4. The molecule has 0 spiro atoms. The van der Waals surface area contributed by atoms with Crippen LogP contribution in [0.5, 0.6) is 5.75 Å². The molecule has 196 valence electrons. The molecule has 1 fully saturated rings. The van der Waals surface area contributed by atoms with Crippen LogP contribution >= 0.6 is 0 Å². The lowest BCUT2D eigenvalue weighted by Gasteiger charge is -2.43. The van der Waals surface area contributed by atoms with Crippen LogP contribution in [0.15, 0.2) is 48.5 Å². The maximum absolute atomic E-state index is 13.6. The first-order chi connectivity index (χ1) is 17.3. The van der Waals surface area contributed by atoms with Gasteiger partial charge in [-0.15, -0.1) is 0 Å². The van der Waals surface area contributed by atoms with Gasteiger partial charge in [0.2, 0.25) is 5.91 Å². The third kappa shape index (κ3) is 6.14. The predicted octanol–water partition coefficient (Wildman–Crippen LogP) is 5.53. The number of fused-ring (bicyclic) bond motifs is 1. The summed E-state index contributed by atoms with van der Waals surface area (Å²) in [6, 6.07) is 15.3. The zero-order valence-electron chi connectivity index (χ0n) is 21.1. The van der Waals surface area contributed by atoms with Crippen molar-refractivity contribution in [2.24, 2.45) is 5.92 Å². The third-order valence-corrected chi connectivity index (χ3v) is 7.37. The molecule has 0 radical (unpaired) electrons. The number of halogens is 3. The molecule has 1 unspecified atom stereocenters. The van der Waals surface area contributed by atoms with Crippen molar-refractivity contribution in [3.63, 3.8) is 0 Å². The molecule has 0 aromatic heterocycles. The lowest BCUT2D eigenvalue weighted by molar-refractivity contribution is -0.153. The first-order valence-electron chi connectivity index (χ1n) is 13.0. The lowest BCUT2D eigenvalue weighted by Crippen LogP contribution is -2.55. The van der Waals surface area contributed by atoms with Gasteiger partial charge in [-0.3, -0.25) is 9.69 Å². The van der Waals surface area contributed by atoms with E-state index in [1.807, 2.05) is 24.3 Å². The minimum atomic E-state index is -4.37. The molecule has 36 heavy (non-hydrogen) atoms. The smallest absolute Gasteiger partial charge is 0.422 e. The van der Waals surface area contributed by atoms with Crippen LogP contribution in [-0.4, -0.2) is 62.4 Å². The van der Waals surface area contributed by atoms with Gasteiger partial charge in [-0.2, -0.15) is 13.2 Å². The normalized spacial score (nSPS) is 18.9. The average Bonchev–Trinajstić information content (AvgIpc) is 2.88. The van der Waals surface area contributed by atoms with Gasteiger partial charge in [-0.25, -0.2) is 0 Å². The zero-order valence-corrected chi connectivity index (χ0v) is 21.1. The Morgan fingerprint density at radius 1 is 0.972 bits per heavy atom. The van der Waals surface area contributed by atoms with Gasteiger partial charge in [0.25, 0.3) is 0 Å². The van der Waals surface area contributed by atoms with Gasteiger partial charge < -0.3 is 14.5 Å². The van der Waals surface area contributed by atoms with Crippen LogP contribution in [0.3, 0.4) is 0 Å². The van der Waals surface area contributed by atoms with Gasteiger partial charge in [0.15, 0.2) is 6.61 Å². The summed E-state index contributed by atoms with van der Waals surface area (Å²) in [5, 5.41) is 0. The number of benzene rings is 2. The van der Waals surface area contributed by atoms with E-state index in [4.69, 9.17) is 4.74 Å². The summed E-state index contributed by atoms with van der Waals surface area (Å²) >= 11 is 0. The number of carbonyl (C=O) groups excluding carboxylic acids is 1. The molecule has 2 aromatic carbocycles. The SMILES string of the molecule is CCC(CC)C(=O)N1c2ccccc2CCC1CN1CCN(c2ccccc2OCC(F)(F)F)CC1. The lowest BCUT2D eigenvalue weighted by atomic mass is 9.92. The number of hydrogen-bond acceptors (Lipinski definition) is 4. The van der Waals surface area contributed by atoms with E-state index >= 15 is 0 Å². The van der Waals surface area contributed by atoms with Crippen molar-refractivity contribution in [2.45, 2.75) is 51.7 Å². The number of hydrogen-bond donors (Lipinski definition) is 0. The van der Waals surface area contributed by atoms with Crippen molar-refractivity contribution in [3.8, 4) is 5.75 Å². The van der Waals surface area contributed by atoms with E-state index in [2.05, 4.69) is 40.7 Å². The Balaban J connectivity index is 1.43.